The van der Waals surface area contributed by atoms with E-state index in [1.165, 1.54) is 0 Å². The van der Waals surface area contributed by atoms with Gasteiger partial charge in [-0.25, -0.2) is 4.79 Å². The minimum absolute atomic E-state index is 0.275. The van der Waals surface area contributed by atoms with E-state index in [4.69, 9.17) is 4.74 Å². The molecule has 6 nitrogen and oxygen atoms in total. The summed E-state index contributed by atoms with van der Waals surface area (Å²) in [5.41, 5.74) is 1.53. The fourth-order valence-corrected chi connectivity index (χ4v) is 2.51. The molecule has 0 unspecified atom stereocenters. The maximum absolute atomic E-state index is 11.9. The summed E-state index contributed by atoms with van der Waals surface area (Å²) < 4.78 is 6.86. The highest BCUT2D eigenvalue weighted by atomic mass is 16.5. The van der Waals surface area contributed by atoms with Gasteiger partial charge in [-0.1, -0.05) is 6.92 Å². The van der Waals surface area contributed by atoms with Crippen molar-refractivity contribution in [2.75, 3.05) is 39.3 Å². The predicted molar refractivity (Wildman–Crippen MR) is 76.6 cm³/mol. The number of rotatable bonds is 5. The summed E-state index contributed by atoms with van der Waals surface area (Å²) in [4.78, 5) is 16.7. The van der Waals surface area contributed by atoms with Crippen molar-refractivity contribution < 1.29 is 9.53 Å². The first-order valence-corrected chi connectivity index (χ1v) is 7.28. The van der Waals surface area contributed by atoms with Gasteiger partial charge in [0, 0.05) is 39.8 Å². The Bertz CT molecular complexity index is 450. The van der Waals surface area contributed by atoms with Crippen LogP contribution in [0.15, 0.2) is 6.20 Å². The summed E-state index contributed by atoms with van der Waals surface area (Å²) in [6, 6.07) is 0. The van der Waals surface area contributed by atoms with Crippen molar-refractivity contribution in [3.8, 4) is 0 Å². The molecule has 0 N–H and O–H groups in total. The van der Waals surface area contributed by atoms with Crippen molar-refractivity contribution in [2.45, 2.75) is 20.4 Å². The molecule has 2 rings (SSSR count). The van der Waals surface area contributed by atoms with Gasteiger partial charge in [0.2, 0.25) is 0 Å². The van der Waals surface area contributed by atoms with E-state index in [0.29, 0.717) is 12.2 Å². The third kappa shape index (κ3) is 3.37. The fraction of sp³-hybridized carbons (Fsp3) is 0.714. The van der Waals surface area contributed by atoms with Gasteiger partial charge in [0.25, 0.3) is 0 Å². The Balaban J connectivity index is 2.02. The van der Waals surface area contributed by atoms with Crippen LogP contribution in [0.1, 0.15) is 29.9 Å². The van der Waals surface area contributed by atoms with Crippen molar-refractivity contribution in [1.29, 1.82) is 0 Å². The zero-order valence-corrected chi connectivity index (χ0v) is 12.6. The van der Waals surface area contributed by atoms with E-state index < -0.39 is 0 Å². The van der Waals surface area contributed by atoms with Crippen LogP contribution in [-0.2, 0) is 18.3 Å². The number of aromatic nitrogens is 2. The second-order valence-electron chi connectivity index (χ2n) is 5.06. The molecule has 0 amide bonds. The second kappa shape index (κ2) is 6.85. The van der Waals surface area contributed by atoms with Crippen LogP contribution < -0.4 is 0 Å². The van der Waals surface area contributed by atoms with Crippen LogP contribution >= 0.6 is 0 Å². The van der Waals surface area contributed by atoms with E-state index in [1.807, 2.05) is 14.0 Å². The van der Waals surface area contributed by atoms with Crippen LogP contribution in [0.25, 0.3) is 0 Å². The lowest BCUT2D eigenvalue weighted by molar-refractivity contribution is 0.0522. The molecule has 20 heavy (non-hydrogen) atoms. The van der Waals surface area contributed by atoms with E-state index >= 15 is 0 Å². The highest BCUT2D eigenvalue weighted by Gasteiger charge is 2.21. The maximum atomic E-state index is 11.9. The standard InChI is InChI=1S/C14H24N4O2/c1-4-17-6-8-18(9-7-17)11-13-12(10-15-16(13)3)14(19)20-5-2/h10H,4-9,11H2,1-3H3. The molecule has 6 heteroatoms. The zero-order chi connectivity index (χ0) is 14.5. The molecule has 2 heterocycles. The Kier molecular flexibility index (Phi) is 5.14. The van der Waals surface area contributed by atoms with E-state index in [1.54, 1.807) is 10.9 Å². The molecular formula is C14H24N4O2. The molecule has 0 aromatic carbocycles. The Labute approximate surface area is 120 Å². The van der Waals surface area contributed by atoms with Gasteiger partial charge in [-0.15, -0.1) is 0 Å². The second-order valence-corrected chi connectivity index (χ2v) is 5.06. The molecule has 0 spiro atoms. The average Bonchev–Trinajstić information content (AvgIpc) is 2.81. The SMILES string of the molecule is CCOC(=O)c1cnn(C)c1CN1CCN(CC)CC1. The number of hydrogen-bond acceptors (Lipinski definition) is 5. The highest BCUT2D eigenvalue weighted by Crippen LogP contribution is 2.14. The van der Waals surface area contributed by atoms with Crippen LogP contribution in [0.2, 0.25) is 0 Å². The molecule has 112 valence electrons. The summed E-state index contributed by atoms with van der Waals surface area (Å²) in [7, 11) is 1.88. The van der Waals surface area contributed by atoms with Crippen molar-refractivity contribution >= 4 is 5.97 Å². The van der Waals surface area contributed by atoms with E-state index in [2.05, 4.69) is 21.8 Å². The molecule has 1 aliphatic rings. The third-order valence-corrected chi connectivity index (χ3v) is 3.84. The summed E-state index contributed by atoms with van der Waals surface area (Å²) in [5.74, 6) is -0.275. The van der Waals surface area contributed by atoms with Crippen LogP contribution in [0, 0.1) is 0 Å². The van der Waals surface area contributed by atoms with Crippen LogP contribution in [-0.4, -0.2) is 64.9 Å². The first-order valence-electron chi connectivity index (χ1n) is 7.28. The molecule has 1 aliphatic heterocycles. The summed E-state index contributed by atoms with van der Waals surface area (Å²) in [6.07, 6.45) is 1.61. The van der Waals surface area contributed by atoms with E-state index in [0.717, 1.165) is 45.0 Å². The average molecular weight is 280 g/mol. The van der Waals surface area contributed by atoms with Gasteiger partial charge in [-0.3, -0.25) is 9.58 Å². The maximum Gasteiger partial charge on any atom is 0.341 e. The minimum Gasteiger partial charge on any atom is -0.462 e. The molecule has 1 fully saturated rings. The quantitative estimate of drug-likeness (QED) is 0.744. The number of esters is 1. The van der Waals surface area contributed by atoms with Crippen molar-refractivity contribution in [3.05, 3.63) is 17.5 Å². The molecule has 0 radical (unpaired) electrons. The topological polar surface area (TPSA) is 50.6 Å². The predicted octanol–water partition coefficient (Wildman–Crippen LogP) is 0.734. The zero-order valence-electron chi connectivity index (χ0n) is 12.6. The molecule has 0 atom stereocenters. The highest BCUT2D eigenvalue weighted by molar-refractivity contribution is 5.90. The smallest absolute Gasteiger partial charge is 0.341 e. The van der Waals surface area contributed by atoms with Crippen LogP contribution in [0.3, 0.4) is 0 Å². The largest absolute Gasteiger partial charge is 0.462 e. The summed E-state index contributed by atoms with van der Waals surface area (Å²) >= 11 is 0. The first kappa shape index (κ1) is 15.0. The number of carbonyl (C=O) groups is 1. The lowest BCUT2D eigenvalue weighted by Crippen LogP contribution is -2.45. The Hall–Kier alpha value is -1.40. The minimum atomic E-state index is -0.275. The van der Waals surface area contributed by atoms with Gasteiger partial charge in [0.05, 0.1) is 18.5 Å². The molecule has 1 saturated heterocycles. The molecule has 0 saturated carbocycles. The molecule has 1 aromatic rings. The molecule has 0 bridgehead atoms. The number of ether oxygens (including phenoxy) is 1. The monoisotopic (exact) mass is 280 g/mol. The van der Waals surface area contributed by atoms with Crippen molar-refractivity contribution in [1.82, 2.24) is 19.6 Å². The first-order chi connectivity index (χ1) is 9.65. The normalized spacial score (nSPS) is 17.4. The summed E-state index contributed by atoms with van der Waals surface area (Å²) in [6.45, 7) is 10.5. The van der Waals surface area contributed by atoms with Gasteiger partial charge in [0.15, 0.2) is 0 Å². The number of likely N-dealkylation sites (N-methyl/N-ethyl adjacent to an activating group) is 1. The van der Waals surface area contributed by atoms with Crippen molar-refractivity contribution in [2.24, 2.45) is 7.05 Å². The van der Waals surface area contributed by atoms with Gasteiger partial charge < -0.3 is 9.64 Å². The number of carbonyl (C=O) groups excluding carboxylic acids is 1. The number of aryl methyl sites for hydroxylation is 1. The lowest BCUT2D eigenvalue weighted by atomic mass is 10.2. The van der Waals surface area contributed by atoms with Crippen LogP contribution in [0.5, 0.6) is 0 Å². The number of nitrogens with zero attached hydrogens (tertiary/aromatic N) is 4. The Morgan fingerprint density at radius 2 is 1.90 bits per heavy atom. The molecular weight excluding hydrogens is 256 g/mol. The third-order valence-electron chi connectivity index (χ3n) is 3.84. The van der Waals surface area contributed by atoms with Crippen LogP contribution in [0.4, 0.5) is 0 Å². The van der Waals surface area contributed by atoms with E-state index in [-0.39, 0.29) is 5.97 Å². The number of piperazine rings is 1. The summed E-state index contributed by atoms with van der Waals surface area (Å²) in [5, 5.41) is 4.20. The van der Waals surface area contributed by atoms with Crippen molar-refractivity contribution in [3.63, 3.8) is 0 Å². The lowest BCUT2D eigenvalue weighted by Gasteiger charge is -2.34. The van der Waals surface area contributed by atoms with Gasteiger partial charge in [-0.05, 0) is 13.5 Å². The van der Waals surface area contributed by atoms with E-state index in [9.17, 15) is 4.79 Å². The number of hydrogen-bond donors (Lipinski definition) is 0. The molecule has 0 aliphatic carbocycles. The fourth-order valence-electron chi connectivity index (χ4n) is 2.51. The molecule has 1 aromatic heterocycles. The van der Waals surface area contributed by atoms with Gasteiger partial charge >= 0.3 is 5.97 Å². The van der Waals surface area contributed by atoms with Gasteiger partial charge in [-0.2, -0.15) is 5.10 Å². The Morgan fingerprint density at radius 1 is 1.25 bits per heavy atom. The Morgan fingerprint density at radius 3 is 2.50 bits per heavy atom. The van der Waals surface area contributed by atoms with Gasteiger partial charge in [0.1, 0.15) is 5.56 Å².